The SMILES string of the molecule is Cc1nccc(C(=O)N[C@H](C)C23CC4CC(CC(C4)C2)C3)n1. The van der Waals surface area contributed by atoms with Crippen LogP contribution in [0.4, 0.5) is 0 Å². The average Bonchev–Trinajstić information content (AvgIpc) is 2.45. The third-order valence-corrected chi connectivity index (χ3v) is 6.36. The molecular weight excluding hydrogens is 274 g/mol. The summed E-state index contributed by atoms with van der Waals surface area (Å²) in [4.78, 5) is 20.8. The van der Waals surface area contributed by atoms with Crippen molar-refractivity contribution in [3.8, 4) is 0 Å². The summed E-state index contributed by atoms with van der Waals surface area (Å²) < 4.78 is 0. The molecule has 1 heterocycles. The van der Waals surface area contributed by atoms with E-state index in [0.29, 0.717) is 16.9 Å². The van der Waals surface area contributed by atoms with E-state index in [4.69, 9.17) is 0 Å². The molecule has 1 N–H and O–H groups in total. The van der Waals surface area contributed by atoms with Gasteiger partial charge in [-0.05, 0) is 81.6 Å². The van der Waals surface area contributed by atoms with E-state index in [1.807, 2.05) is 6.92 Å². The minimum absolute atomic E-state index is 0.0475. The van der Waals surface area contributed by atoms with Crippen LogP contribution >= 0.6 is 0 Å². The summed E-state index contributed by atoms with van der Waals surface area (Å²) in [7, 11) is 0. The summed E-state index contributed by atoms with van der Waals surface area (Å²) in [6.45, 7) is 4.03. The molecule has 0 spiro atoms. The minimum Gasteiger partial charge on any atom is -0.348 e. The van der Waals surface area contributed by atoms with Gasteiger partial charge in [0, 0.05) is 12.2 Å². The van der Waals surface area contributed by atoms with Crippen LogP contribution in [-0.2, 0) is 0 Å². The molecule has 5 rings (SSSR count). The average molecular weight is 299 g/mol. The third-order valence-electron chi connectivity index (χ3n) is 6.36. The van der Waals surface area contributed by atoms with Crippen LogP contribution in [0.3, 0.4) is 0 Å². The largest absolute Gasteiger partial charge is 0.348 e. The number of carbonyl (C=O) groups is 1. The normalized spacial score (nSPS) is 37.1. The van der Waals surface area contributed by atoms with Crippen molar-refractivity contribution < 1.29 is 4.79 Å². The lowest BCUT2D eigenvalue weighted by molar-refractivity contribution is -0.0688. The van der Waals surface area contributed by atoms with E-state index in [0.717, 1.165) is 17.8 Å². The van der Waals surface area contributed by atoms with Gasteiger partial charge in [-0.1, -0.05) is 0 Å². The zero-order valence-electron chi connectivity index (χ0n) is 13.5. The Labute approximate surface area is 132 Å². The Morgan fingerprint density at radius 1 is 1.23 bits per heavy atom. The van der Waals surface area contributed by atoms with E-state index in [-0.39, 0.29) is 11.9 Å². The smallest absolute Gasteiger partial charge is 0.270 e. The van der Waals surface area contributed by atoms with Gasteiger partial charge in [-0.3, -0.25) is 4.79 Å². The Balaban J connectivity index is 1.50. The summed E-state index contributed by atoms with van der Waals surface area (Å²) >= 11 is 0. The van der Waals surface area contributed by atoms with E-state index >= 15 is 0 Å². The maximum Gasteiger partial charge on any atom is 0.270 e. The summed E-state index contributed by atoms with van der Waals surface area (Å²) in [5.74, 6) is 3.33. The fraction of sp³-hybridized carbons (Fsp3) is 0.722. The van der Waals surface area contributed by atoms with Gasteiger partial charge in [0.05, 0.1) is 0 Å². The molecule has 4 aliphatic rings. The number of hydrogen-bond donors (Lipinski definition) is 1. The number of nitrogens with zero attached hydrogens (tertiary/aromatic N) is 2. The monoisotopic (exact) mass is 299 g/mol. The summed E-state index contributed by atoms with van der Waals surface area (Å²) in [5.41, 5.74) is 0.830. The highest BCUT2D eigenvalue weighted by molar-refractivity contribution is 5.92. The van der Waals surface area contributed by atoms with Gasteiger partial charge in [-0.25, -0.2) is 9.97 Å². The molecule has 22 heavy (non-hydrogen) atoms. The number of aryl methyl sites for hydroxylation is 1. The molecule has 4 nitrogen and oxygen atoms in total. The van der Waals surface area contributed by atoms with Crippen LogP contribution in [0.2, 0.25) is 0 Å². The van der Waals surface area contributed by atoms with Crippen molar-refractivity contribution >= 4 is 5.91 Å². The second kappa shape index (κ2) is 5.04. The topological polar surface area (TPSA) is 54.9 Å². The number of rotatable bonds is 3. The van der Waals surface area contributed by atoms with Crippen molar-refractivity contribution in [2.75, 3.05) is 0 Å². The Hall–Kier alpha value is -1.45. The zero-order chi connectivity index (χ0) is 15.3. The molecule has 1 amide bonds. The Morgan fingerprint density at radius 2 is 1.82 bits per heavy atom. The summed E-state index contributed by atoms with van der Waals surface area (Å²) in [6, 6.07) is 1.94. The molecule has 0 radical (unpaired) electrons. The quantitative estimate of drug-likeness (QED) is 0.933. The zero-order valence-corrected chi connectivity index (χ0v) is 13.5. The van der Waals surface area contributed by atoms with Crippen LogP contribution in [0.25, 0.3) is 0 Å². The van der Waals surface area contributed by atoms with Gasteiger partial charge in [0.15, 0.2) is 0 Å². The molecule has 0 aromatic carbocycles. The highest BCUT2D eigenvalue weighted by Crippen LogP contribution is 2.61. The lowest BCUT2D eigenvalue weighted by Crippen LogP contribution is -2.55. The lowest BCUT2D eigenvalue weighted by Gasteiger charge is -2.59. The number of nitrogens with one attached hydrogen (secondary N) is 1. The van der Waals surface area contributed by atoms with Gasteiger partial charge in [-0.2, -0.15) is 0 Å². The third kappa shape index (κ3) is 2.33. The molecule has 0 aliphatic heterocycles. The first-order chi connectivity index (χ1) is 10.5. The van der Waals surface area contributed by atoms with Gasteiger partial charge >= 0.3 is 0 Å². The van der Waals surface area contributed by atoms with E-state index in [1.54, 1.807) is 12.3 Å². The number of aromatic nitrogens is 2. The maximum atomic E-state index is 12.5. The van der Waals surface area contributed by atoms with E-state index in [9.17, 15) is 4.79 Å². The van der Waals surface area contributed by atoms with Gasteiger partial charge < -0.3 is 5.32 Å². The molecule has 0 saturated heterocycles. The van der Waals surface area contributed by atoms with E-state index in [2.05, 4.69) is 22.2 Å². The van der Waals surface area contributed by atoms with E-state index in [1.165, 1.54) is 38.5 Å². The molecule has 1 aromatic heterocycles. The summed E-state index contributed by atoms with van der Waals surface area (Å²) in [5, 5.41) is 3.25. The first-order valence-electron chi connectivity index (χ1n) is 8.64. The predicted molar refractivity (Wildman–Crippen MR) is 84.3 cm³/mol. The van der Waals surface area contributed by atoms with Crippen LogP contribution in [0, 0.1) is 30.1 Å². The molecular formula is C18H25N3O. The molecule has 4 fully saturated rings. The number of amides is 1. The first kappa shape index (κ1) is 14.2. The van der Waals surface area contributed by atoms with Crippen molar-refractivity contribution in [2.45, 2.75) is 58.4 Å². The summed E-state index contributed by atoms with van der Waals surface area (Å²) in [6.07, 6.45) is 9.89. The van der Waals surface area contributed by atoms with Crippen molar-refractivity contribution in [2.24, 2.45) is 23.2 Å². The van der Waals surface area contributed by atoms with Crippen LogP contribution in [0.15, 0.2) is 12.3 Å². The lowest BCUT2D eigenvalue weighted by atomic mass is 9.48. The van der Waals surface area contributed by atoms with Crippen LogP contribution in [-0.4, -0.2) is 21.9 Å². The minimum atomic E-state index is -0.0475. The molecule has 1 atom stereocenters. The van der Waals surface area contributed by atoms with Gasteiger partial charge in [-0.15, -0.1) is 0 Å². The molecule has 0 unspecified atom stereocenters. The van der Waals surface area contributed by atoms with Crippen molar-refractivity contribution in [3.63, 3.8) is 0 Å². The molecule has 4 bridgehead atoms. The van der Waals surface area contributed by atoms with Crippen molar-refractivity contribution in [1.82, 2.24) is 15.3 Å². The highest BCUT2D eigenvalue weighted by Gasteiger charge is 2.53. The molecule has 4 heteroatoms. The van der Waals surface area contributed by atoms with Gasteiger partial charge in [0.1, 0.15) is 11.5 Å². The predicted octanol–water partition coefficient (Wildman–Crippen LogP) is 3.12. The Bertz CT molecular complexity index is 562. The fourth-order valence-electron chi connectivity index (χ4n) is 5.71. The second-order valence-corrected chi connectivity index (χ2v) is 7.96. The number of hydrogen-bond acceptors (Lipinski definition) is 3. The van der Waals surface area contributed by atoms with Crippen LogP contribution < -0.4 is 5.32 Å². The molecule has 4 aliphatic carbocycles. The molecule has 4 saturated carbocycles. The van der Waals surface area contributed by atoms with Gasteiger partial charge in [0.25, 0.3) is 5.91 Å². The first-order valence-corrected chi connectivity index (χ1v) is 8.64. The van der Waals surface area contributed by atoms with E-state index < -0.39 is 0 Å². The van der Waals surface area contributed by atoms with Gasteiger partial charge in [0.2, 0.25) is 0 Å². The van der Waals surface area contributed by atoms with Crippen LogP contribution in [0.5, 0.6) is 0 Å². The Morgan fingerprint density at radius 3 is 2.36 bits per heavy atom. The molecule has 118 valence electrons. The highest BCUT2D eigenvalue weighted by atomic mass is 16.1. The second-order valence-electron chi connectivity index (χ2n) is 7.96. The standard InChI is InChI=1S/C18H25N3O/c1-11(20-17(22)16-3-4-19-12(2)21-16)18-8-13-5-14(9-18)7-15(6-13)10-18/h3-4,11,13-15H,5-10H2,1-2H3,(H,20,22)/t11-,13?,14?,15?,18?/m1/s1. The fourth-order valence-corrected chi connectivity index (χ4v) is 5.71. The maximum absolute atomic E-state index is 12.5. The Kier molecular flexibility index (Phi) is 3.24. The number of carbonyl (C=O) groups excluding carboxylic acids is 1. The van der Waals surface area contributed by atoms with Crippen molar-refractivity contribution in [1.29, 1.82) is 0 Å². The molecule has 1 aromatic rings. The van der Waals surface area contributed by atoms with Crippen LogP contribution in [0.1, 0.15) is 61.8 Å². The van der Waals surface area contributed by atoms with Crippen molar-refractivity contribution in [3.05, 3.63) is 23.8 Å².